The second-order valence-corrected chi connectivity index (χ2v) is 4.29. The van der Waals surface area contributed by atoms with E-state index in [1.54, 1.807) is 12.2 Å². The number of allylic oxidation sites excluding steroid dienone is 2. The lowest BCUT2D eigenvalue weighted by Gasteiger charge is -2.22. The van der Waals surface area contributed by atoms with Crippen molar-refractivity contribution >= 4 is 23.2 Å². The van der Waals surface area contributed by atoms with Gasteiger partial charge in [0.15, 0.2) is 0 Å². The Kier molecular flexibility index (Phi) is 3.54. The summed E-state index contributed by atoms with van der Waals surface area (Å²) < 4.78 is 5.55. The summed E-state index contributed by atoms with van der Waals surface area (Å²) >= 11 is 11.8. The smallest absolute Gasteiger partial charge is 0.127 e. The summed E-state index contributed by atoms with van der Waals surface area (Å²) in [5.74, 6) is 1.17. The first-order valence-electron chi connectivity index (χ1n) is 4.81. The third kappa shape index (κ3) is 2.40. The maximum atomic E-state index is 9.64. The average molecular weight is 257 g/mol. The van der Waals surface area contributed by atoms with Gasteiger partial charge in [0.2, 0.25) is 0 Å². The molecule has 0 heterocycles. The topological polar surface area (TPSA) is 29.5 Å². The zero-order valence-electron chi connectivity index (χ0n) is 8.31. The first-order valence-corrected chi connectivity index (χ1v) is 5.62. The molecule has 0 bridgehead atoms. The van der Waals surface area contributed by atoms with E-state index in [1.165, 1.54) is 0 Å². The molecule has 16 heavy (non-hydrogen) atoms. The molecule has 2 unspecified atom stereocenters. The van der Waals surface area contributed by atoms with E-state index < -0.39 is 11.5 Å². The number of rotatable bonds is 2. The van der Waals surface area contributed by atoms with Gasteiger partial charge >= 0.3 is 0 Å². The highest BCUT2D eigenvalue weighted by Gasteiger charge is 2.27. The minimum Gasteiger partial charge on any atom is -0.460 e. The largest absolute Gasteiger partial charge is 0.460 e. The molecule has 0 spiro atoms. The van der Waals surface area contributed by atoms with Gasteiger partial charge in [0.25, 0.3) is 0 Å². The van der Waals surface area contributed by atoms with Crippen LogP contribution in [0.1, 0.15) is 0 Å². The summed E-state index contributed by atoms with van der Waals surface area (Å²) in [7, 11) is 0. The number of hydrogen-bond acceptors (Lipinski definition) is 2. The lowest BCUT2D eigenvalue weighted by atomic mass is 10.1. The fourth-order valence-electron chi connectivity index (χ4n) is 1.36. The Morgan fingerprint density at radius 3 is 2.50 bits per heavy atom. The third-order valence-electron chi connectivity index (χ3n) is 2.22. The highest BCUT2D eigenvalue weighted by molar-refractivity contribution is 6.32. The summed E-state index contributed by atoms with van der Waals surface area (Å²) in [6.45, 7) is 0. The van der Waals surface area contributed by atoms with E-state index in [0.717, 1.165) is 0 Å². The first-order chi connectivity index (χ1) is 7.68. The number of aliphatic hydroxyl groups is 1. The van der Waals surface area contributed by atoms with Crippen LogP contribution in [0.15, 0.2) is 53.3 Å². The fourth-order valence-corrected chi connectivity index (χ4v) is 1.87. The lowest BCUT2D eigenvalue weighted by Crippen LogP contribution is -2.28. The standard InChI is InChI=1S/C12H10Cl2O2/c13-9-6-7-10(11(14)12(9)15)16-8-4-2-1-3-5-8/h1-7,11-12,15H. The molecule has 0 amide bonds. The van der Waals surface area contributed by atoms with Gasteiger partial charge in [-0.25, -0.2) is 0 Å². The molecule has 0 fully saturated rings. The molecule has 1 N–H and O–H groups in total. The Balaban J connectivity index is 2.17. The molecule has 2 nitrogen and oxygen atoms in total. The normalized spacial score (nSPS) is 24.7. The zero-order chi connectivity index (χ0) is 11.5. The lowest BCUT2D eigenvalue weighted by molar-refractivity contribution is 0.203. The minimum atomic E-state index is -0.910. The second-order valence-electron chi connectivity index (χ2n) is 3.38. The van der Waals surface area contributed by atoms with Crippen LogP contribution in [0.25, 0.3) is 0 Å². The van der Waals surface area contributed by atoms with Gasteiger partial charge in [-0.1, -0.05) is 29.8 Å². The molecular weight excluding hydrogens is 247 g/mol. The van der Waals surface area contributed by atoms with Crippen molar-refractivity contribution in [3.63, 3.8) is 0 Å². The van der Waals surface area contributed by atoms with Crippen LogP contribution >= 0.6 is 23.2 Å². The molecule has 1 aliphatic rings. The number of aliphatic hydroxyl groups excluding tert-OH is 1. The van der Waals surface area contributed by atoms with Crippen LogP contribution < -0.4 is 4.74 Å². The predicted octanol–water partition coefficient (Wildman–Crippen LogP) is 3.05. The first kappa shape index (κ1) is 11.5. The van der Waals surface area contributed by atoms with E-state index >= 15 is 0 Å². The second kappa shape index (κ2) is 4.91. The quantitative estimate of drug-likeness (QED) is 0.825. The highest BCUT2D eigenvalue weighted by atomic mass is 35.5. The number of ether oxygens (including phenoxy) is 1. The summed E-state index contributed by atoms with van der Waals surface area (Å²) in [6, 6.07) is 9.25. The molecule has 1 aliphatic carbocycles. The SMILES string of the molecule is OC1C(Cl)=CC=C(Oc2ccccc2)C1Cl. The van der Waals surface area contributed by atoms with Gasteiger partial charge < -0.3 is 9.84 Å². The van der Waals surface area contributed by atoms with Crippen molar-refractivity contribution in [3.8, 4) is 5.75 Å². The minimum absolute atomic E-state index is 0.320. The van der Waals surface area contributed by atoms with Crippen molar-refractivity contribution in [1.29, 1.82) is 0 Å². The van der Waals surface area contributed by atoms with Gasteiger partial charge in [0.05, 0.1) is 0 Å². The number of hydrogen-bond donors (Lipinski definition) is 1. The molecule has 84 valence electrons. The van der Waals surface area contributed by atoms with E-state index in [4.69, 9.17) is 27.9 Å². The number of para-hydroxylation sites is 1. The highest BCUT2D eigenvalue weighted by Crippen LogP contribution is 2.28. The molecule has 0 saturated heterocycles. The molecule has 1 aromatic carbocycles. The van der Waals surface area contributed by atoms with Crippen LogP contribution in [0.3, 0.4) is 0 Å². The number of alkyl halides is 1. The van der Waals surface area contributed by atoms with Gasteiger partial charge in [-0.3, -0.25) is 0 Å². The molecular formula is C12H10Cl2O2. The molecule has 4 heteroatoms. The summed E-state index contributed by atoms with van der Waals surface area (Å²) in [5.41, 5.74) is 0. The third-order valence-corrected chi connectivity index (χ3v) is 3.02. The van der Waals surface area contributed by atoms with Crippen LogP contribution in [-0.2, 0) is 0 Å². The van der Waals surface area contributed by atoms with Crippen LogP contribution in [-0.4, -0.2) is 16.6 Å². The van der Waals surface area contributed by atoms with Crippen molar-refractivity contribution in [1.82, 2.24) is 0 Å². The molecule has 2 atom stereocenters. The zero-order valence-corrected chi connectivity index (χ0v) is 9.82. The van der Waals surface area contributed by atoms with E-state index in [9.17, 15) is 5.11 Å². The maximum Gasteiger partial charge on any atom is 0.127 e. The van der Waals surface area contributed by atoms with E-state index in [0.29, 0.717) is 16.5 Å². The van der Waals surface area contributed by atoms with Crippen molar-refractivity contribution in [2.45, 2.75) is 11.5 Å². The van der Waals surface area contributed by atoms with Crippen LogP contribution in [0.5, 0.6) is 5.75 Å². The van der Waals surface area contributed by atoms with Gasteiger partial charge in [-0.15, -0.1) is 11.6 Å². The monoisotopic (exact) mass is 256 g/mol. The Labute approximate surface area is 104 Å². The number of halogens is 2. The van der Waals surface area contributed by atoms with Crippen LogP contribution in [0.4, 0.5) is 0 Å². The van der Waals surface area contributed by atoms with Crippen molar-refractivity contribution in [2.24, 2.45) is 0 Å². The molecule has 1 aromatic rings. The average Bonchev–Trinajstić information content (AvgIpc) is 2.31. The van der Waals surface area contributed by atoms with E-state index in [-0.39, 0.29) is 0 Å². The summed E-state index contributed by atoms with van der Waals surface area (Å²) in [4.78, 5) is 0. The van der Waals surface area contributed by atoms with Crippen LogP contribution in [0, 0.1) is 0 Å². The number of benzene rings is 1. The summed E-state index contributed by atoms with van der Waals surface area (Å²) in [6.07, 6.45) is 2.34. The Hall–Kier alpha value is -0.960. The maximum absolute atomic E-state index is 9.64. The van der Waals surface area contributed by atoms with Crippen molar-refractivity contribution < 1.29 is 9.84 Å². The Bertz CT molecular complexity index is 426. The Morgan fingerprint density at radius 2 is 1.81 bits per heavy atom. The van der Waals surface area contributed by atoms with E-state index in [1.807, 2.05) is 30.3 Å². The molecule has 0 saturated carbocycles. The van der Waals surface area contributed by atoms with Gasteiger partial charge in [-0.2, -0.15) is 0 Å². The molecule has 0 aromatic heterocycles. The molecule has 2 rings (SSSR count). The van der Waals surface area contributed by atoms with Crippen molar-refractivity contribution in [2.75, 3.05) is 0 Å². The van der Waals surface area contributed by atoms with E-state index in [2.05, 4.69) is 0 Å². The molecule has 0 aliphatic heterocycles. The molecule has 0 radical (unpaired) electrons. The fraction of sp³-hybridized carbons (Fsp3) is 0.167. The predicted molar refractivity (Wildman–Crippen MR) is 64.7 cm³/mol. The van der Waals surface area contributed by atoms with Crippen molar-refractivity contribution in [3.05, 3.63) is 53.3 Å². The summed E-state index contributed by atoms with van der Waals surface area (Å²) in [5, 5.41) is 9.31. The van der Waals surface area contributed by atoms with Gasteiger partial charge in [-0.05, 0) is 24.3 Å². The Morgan fingerprint density at radius 1 is 1.12 bits per heavy atom. The van der Waals surface area contributed by atoms with Gasteiger partial charge in [0, 0.05) is 5.03 Å². The van der Waals surface area contributed by atoms with Crippen LogP contribution in [0.2, 0.25) is 0 Å². The van der Waals surface area contributed by atoms with Gasteiger partial charge in [0.1, 0.15) is 23.0 Å².